The Balaban J connectivity index is 1.77. The molecule has 0 spiro atoms. The molecule has 27 heavy (non-hydrogen) atoms. The number of amides is 1. The van der Waals surface area contributed by atoms with E-state index in [0.717, 1.165) is 12.1 Å². The molecule has 3 N–H and O–H groups in total. The predicted molar refractivity (Wildman–Crippen MR) is 98.3 cm³/mol. The first-order valence-electron chi connectivity index (χ1n) is 7.74. The smallest absolute Gasteiger partial charge is 0.335 e. The van der Waals surface area contributed by atoms with E-state index in [-0.39, 0.29) is 21.8 Å². The lowest BCUT2D eigenvalue weighted by Crippen LogP contribution is -2.43. The second kappa shape index (κ2) is 7.16. The van der Waals surface area contributed by atoms with Crippen molar-refractivity contribution in [3.8, 4) is 0 Å². The van der Waals surface area contributed by atoms with Gasteiger partial charge in [0.15, 0.2) is 9.84 Å². The largest absolute Gasteiger partial charge is 0.478 e. The van der Waals surface area contributed by atoms with Crippen molar-refractivity contribution in [1.82, 2.24) is 0 Å². The Hall–Kier alpha value is -2.65. The lowest BCUT2D eigenvalue weighted by molar-refractivity contribution is -0.116. The van der Waals surface area contributed by atoms with Crippen LogP contribution in [0.2, 0.25) is 5.02 Å². The Kier molecular flexibility index (Phi) is 5.07. The van der Waals surface area contributed by atoms with Crippen LogP contribution in [0.3, 0.4) is 0 Å². The summed E-state index contributed by atoms with van der Waals surface area (Å²) < 4.78 is 38.0. The molecule has 1 aliphatic rings. The molecule has 3 rings (SSSR count). The molecule has 1 aliphatic heterocycles. The monoisotopic (exact) mass is 412 g/mol. The number of carbonyl (C=O) groups is 2. The standard InChI is InChI=1S/C17H14ClFN2O5S/c18-12-6-11(19)3-1-10(12)7-27(25,26)8-15-16(22)21-14-5-9(17(23)24)2-4-13(14)20-15/h1-6,15,20H,7-8H2,(H,21,22)(H,23,24). The van der Waals surface area contributed by atoms with Crippen molar-refractivity contribution >= 4 is 44.7 Å². The average Bonchev–Trinajstić information content (AvgIpc) is 2.57. The average molecular weight is 413 g/mol. The van der Waals surface area contributed by atoms with Crippen LogP contribution in [0.1, 0.15) is 15.9 Å². The van der Waals surface area contributed by atoms with Crippen LogP contribution >= 0.6 is 11.6 Å². The maximum atomic E-state index is 13.1. The van der Waals surface area contributed by atoms with E-state index in [1.54, 1.807) is 0 Å². The molecule has 0 saturated carbocycles. The summed E-state index contributed by atoms with van der Waals surface area (Å²) in [6.45, 7) is 0. The van der Waals surface area contributed by atoms with E-state index in [4.69, 9.17) is 16.7 Å². The van der Waals surface area contributed by atoms with E-state index >= 15 is 0 Å². The van der Waals surface area contributed by atoms with E-state index in [2.05, 4.69) is 10.6 Å². The molecule has 0 fully saturated rings. The minimum absolute atomic E-state index is 0.00660. The maximum Gasteiger partial charge on any atom is 0.335 e. The van der Waals surface area contributed by atoms with Crippen molar-refractivity contribution in [3.63, 3.8) is 0 Å². The number of benzene rings is 2. The molecule has 0 bridgehead atoms. The molecule has 1 amide bonds. The van der Waals surface area contributed by atoms with Crippen LogP contribution < -0.4 is 10.6 Å². The van der Waals surface area contributed by atoms with Crippen LogP contribution in [0.4, 0.5) is 15.8 Å². The molecule has 1 unspecified atom stereocenters. The van der Waals surface area contributed by atoms with Crippen LogP contribution in [0.25, 0.3) is 0 Å². The summed E-state index contributed by atoms with van der Waals surface area (Å²) >= 11 is 5.87. The molecule has 142 valence electrons. The first kappa shape index (κ1) is 19.1. The number of rotatable bonds is 5. The van der Waals surface area contributed by atoms with E-state index < -0.39 is 45.1 Å². The highest BCUT2D eigenvalue weighted by Crippen LogP contribution is 2.29. The Bertz CT molecular complexity index is 1040. The van der Waals surface area contributed by atoms with E-state index in [1.165, 1.54) is 24.3 Å². The topological polar surface area (TPSA) is 113 Å². The number of carbonyl (C=O) groups excluding carboxylic acids is 1. The van der Waals surface area contributed by atoms with Gasteiger partial charge in [-0.2, -0.15) is 0 Å². The highest BCUT2D eigenvalue weighted by molar-refractivity contribution is 7.90. The number of nitrogens with one attached hydrogen (secondary N) is 2. The fourth-order valence-corrected chi connectivity index (χ4v) is 4.58. The minimum Gasteiger partial charge on any atom is -0.478 e. The first-order valence-corrected chi connectivity index (χ1v) is 9.94. The number of hydrogen-bond donors (Lipinski definition) is 3. The third kappa shape index (κ3) is 4.37. The van der Waals surface area contributed by atoms with E-state index in [0.29, 0.717) is 5.69 Å². The fourth-order valence-electron chi connectivity index (χ4n) is 2.69. The molecule has 2 aromatic rings. The van der Waals surface area contributed by atoms with Gasteiger partial charge in [0.25, 0.3) is 0 Å². The Morgan fingerprint density at radius 2 is 1.93 bits per heavy atom. The van der Waals surface area contributed by atoms with Gasteiger partial charge in [0, 0.05) is 5.02 Å². The zero-order chi connectivity index (χ0) is 19.8. The predicted octanol–water partition coefficient (Wildman–Crippen LogP) is 2.52. The van der Waals surface area contributed by atoms with Gasteiger partial charge in [-0.25, -0.2) is 17.6 Å². The molecule has 2 aromatic carbocycles. The number of carboxylic acid groups (broad SMARTS) is 1. The summed E-state index contributed by atoms with van der Waals surface area (Å²) in [4.78, 5) is 23.2. The summed E-state index contributed by atoms with van der Waals surface area (Å²) in [6, 6.07) is 6.44. The number of halogens is 2. The normalized spacial score (nSPS) is 16.2. The molecule has 0 aliphatic carbocycles. The lowest BCUT2D eigenvalue weighted by Gasteiger charge is -2.27. The summed E-state index contributed by atoms with van der Waals surface area (Å²) in [7, 11) is -3.75. The van der Waals surface area contributed by atoms with Crippen molar-refractivity contribution in [3.05, 3.63) is 58.4 Å². The summed E-state index contributed by atoms with van der Waals surface area (Å²) in [6.07, 6.45) is 0. The first-order chi connectivity index (χ1) is 12.6. The Labute approximate surface area is 159 Å². The molecule has 1 atom stereocenters. The molecule has 0 radical (unpaired) electrons. The Morgan fingerprint density at radius 1 is 1.19 bits per heavy atom. The van der Waals surface area contributed by atoms with Crippen LogP contribution in [0.5, 0.6) is 0 Å². The Morgan fingerprint density at radius 3 is 2.59 bits per heavy atom. The third-order valence-corrected chi connectivity index (χ3v) is 5.93. The van der Waals surface area contributed by atoms with Crippen LogP contribution in [-0.4, -0.2) is 37.2 Å². The third-order valence-electron chi connectivity index (χ3n) is 3.98. The molecular weight excluding hydrogens is 399 g/mol. The highest BCUT2D eigenvalue weighted by atomic mass is 35.5. The summed E-state index contributed by atoms with van der Waals surface area (Å²) in [5.74, 6) is -3.27. The van der Waals surface area contributed by atoms with Crippen LogP contribution in [-0.2, 0) is 20.4 Å². The number of hydrogen-bond acceptors (Lipinski definition) is 5. The number of sulfone groups is 1. The van der Waals surface area contributed by atoms with Crippen molar-refractivity contribution in [1.29, 1.82) is 0 Å². The minimum atomic E-state index is -3.75. The van der Waals surface area contributed by atoms with Gasteiger partial charge in [-0.15, -0.1) is 0 Å². The number of fused-ring (bicyclic) bond motifs is 1. The molecule has 0 saturated heterocycles. The van der Waals surface area contributed by atoms with E-state index in [1.807, 2.05) is 0 Å². The lowest BCUT2D eigenvalue weighted by atomic mass is 10.1. The van der Waals surface area contributed by atoms with Gasteiger partial charge in [-0.1, -0.05) is 17.7 Å². The molecule has 7 nitrogen and oxygen atoms in total. The number of anilines is 2. The quantitative estimate of drug-likeness (QED) is 0.695. The molecule has 10 heteroatoms. The van der Waals surface area contributed by atoms with Crippen LogP contribution in [0, 0.1) is 5.82 Å². The summed E-state index contributed by atoms with van der Waals surface area (Å²) in [5, 5.41) is 14.3. The molecule has 1 heterocycles. The fraction of sp³-hybridized carbons (Fsp3) is 0.176. The number of aromatic carboxylic acids is 1. The van der Waals surface area contributed by atoms with Crippen molar-refractivity contribution in [2.75, 3.05) is 16.4 Å². The highest BCUT2D eigenvalue weighted by Gasteiger charge is 2.31. The zero-order valence-electron chi connectivity index (χ0n) is 13.7. The van der Waals surface area contributed by atoms with Crippen molar-refractivity contribution in [2.45, 2.75) is 11.8 Å². The van der Waals surface area contributed by atoms with E-state index in [9.17, 15) is 22.4 Å². The van der Waals surface area contributed by atoms with Crippen molar-refractivity contribution in [2.24, 2.45) is 0 Å². The van der Waals surface area contributed by atoms with Gasteiger partial charge in [0.05, 0.1) is 28.4 Å². The summed E-state index contributed by atoms with van der Waals surface area (Å²) in [5.41, 5.74) is 0.906. The van der Waals surface area contributed by atoms with Gasteiger partial charge in [0.2, 0.25) is 5.91 Å². The zero-order valence-corrected chi connectivity index (χ0v) is 15.3. The second-order valence-corrected chi connectivity index (χ2v) is 8.56. The molecular formula is C17H14ClFN2O5S. The molecule has 0 aromatic heterocycles. The van der Waals surface area contributed by atoms with Gasteiger partial charge in [-0.05, 0) is 35.9 Å². The second-order valence-electron chi connectivity index (χ2n) is 6.04. The SMILES string of the molecule is O=C(O)c1ccc2c(c1)NC(=O)C(CS(=O)(=O)Cc1ccc(F)cc1Cl)N2. The van der Waals surface area contributed by atoms with Gasteiger partial charge in [0.1, 0.15) is 11.9 Å². The number of carboxylic acids is 1. The maximum absolute atomic E-state index is 13.1. The van der Waals surface area contributed by atoms with Gasteiger partial charge in [-0.3, -0.25) is 4.79 Å². The van der Waals surface area contributed by atoms with Crippen molar-refractivity contribution < 1.29 is 27.5 Å². The van der Waals surface area contributed by atoms with Gasteiger partial charge >= 0.3 is 5.97 Å². The van der Waals surface area contributed by atoms with Crippen LogP contribution in [0.15, 0.2) is 36.4 Å². The van der Waals surface area contributed by atoms with Gasteiger partial charge < -0.3 is 15.7 Å².